The highest BCUT2D eigenvalue weighted by Crippen LogP contribution is 2.18. The number of amides is 1. The Morgan fingerprint density at radius 3 is 2.37 bits per heavy atom. The van der Waals surface area contributed by atoms with Gasteiger partial charge in [0.2, 0.25) is 0 Å². The first-order valence-electron chi connectivity index (χ1n) is 8.54. The topological polar surface area (TPSA) is 72.2 Å². The van der Waals surface area contributed by atoms with E-state index >= 15 is 0 Å². The first-order chi connectivity index (χ1) is 13.2. The van der Waals surface area contributed by atoms with Gasteiger partial charge in [-0.1, -0.05) is 59.8 Å². The summed E-state index contributed by atoms with van der Waals surface area (Å²) >= 11 is 0. The van der Waals surface area contributed by atoms with E-state index in [0.717, 1.165) is 5.39 Å². The predicted molar refractivity (Wildman–Crippen MR) is 101 cm³/mol. The van der Waals surface area contributed by atoms with Crippen molar-refractivity contribution in [3.8, 4) is 0 Å². The van der Waals surface area contributed by atoms with Crippen LogP contribution in [0.3, 0.4) is 0 Å². The number of fused-ring (bicyclic) bond motifs is 1. The van der Waals surface area contributed by atoms with Crippen molar-refractivity contribution >= 4 is 22.7 Å². The number of aromatic nitrogens is 1. The minimum atomic E-state index is -0.273. The molecule has 3 aromatic carbocycles. The molecule has 0 saturated carbocycles. The molecule has 4 rings (SSSR count). The van der Waals surface area contributed by atoms with Crippen LogP contribution in [0, 0.1) is 0 Å². The van der Waals surface area contributed by atoms with E-state index in [1.165, 1.54) is 0 Å². The number of rotatable bonds is 5. The van der Waals surface area contributed by atoms with Gasteiger partial charge in [0.1, 0.15) is 5.69 Å². The second kappa shape index (κ2) is 7.25. The molecule has 0 aliphatic carbocycles. The fraction of sp³-hybridized carbons (Fsp3) is 0.0455. The summed E-state index contributed by atoms with van der Waals surface area (Å²) in [6.45, 7) is 0.243. The molecule has 5 nitrogen and oxygen atoms in total. The lowest BCUT2D eigenvalue weighted by Gasteiger charge is -2.06. The van der Waals surface area contributed by atoms with Crippen molar-refractivity contribution in [3.63, 3.8) is 0 Å². The number of ketones is 1. The smallest absolute Gasteiger partial charge is 0.251 e. The highest BCUT2D eigenvalue weighted by atomic mass is 16.5. The molecule has 1 N–H and O–H groups in total. The van der Waals surface area contributed by atoms with Gasteiger partial charge in [-0.3, -0.25) is 9.59 Å². The van der Waals surface area contributed by atoms with Crippen LogP contribution in [0.5, 0.6) is 0 Å². The maximum atomic E-state index is 12.6. The average molecular weight is 356 g/mol. The highest BCUT2D eigenvalue weighted by Gasteiger charge is 2.13. The van der Waals surface area contributed by atoms with Gasteiger partial charge in [0.25, 0.3) is 5.91 Å². The third kappa shape index (κ3) is 3.48. The van der Waals surface area contributed by atoms with Gasteiger partial charge in [0.05, 0.1) is 6.54 Å². The molecule has 0 bridgehead atoms. The Kier molecular flexibility index (Phi) is 4.49. The number of carbonyl (C=O) groups is 2. The average Bonchev–Trinajstić information content (AvgIpc) is 3.15. The Hall–Kier alpha value is -3.73. The van der Waals surface area contributed by atoms with Crippen LogP contribution in [0.4, 0.5) is 0 Å². The molecule has 1 aromatic heterocycles. The molecule has 1 heterocycles. The van der Waals surface area contributed by atoms with Gasteiger partial charge in [0, 0.05) is 22.1 Å². The summed E-state index contributed by atoms with van der Waals surface area (Å²) in [7, 11) is 0. The van der Waals surface area contributed by atoms with Crippen molar-refractivity contribution < 1.29 is 14.1 Å². The molecule has 0 atom stereocenters. The maximum absolute atomic E-state index is 12.6. The van der Waals surface area contributed by atoms with Crippen molar-refractivity contribution in [2.45, 2.75) is 6.54 Å². The van der Waals surface area contributed by atoms with E-state index in [-0.39, 0.29) is 18.2 Å². The number of nitrogens with zero attached hydrogens (tertiary/aromatic N) is 1. The molecule has 27 heavy (non-hydrogen) atoms. The van der Waals surface area contributed by atoms with Gasteiger partial charge in [-0.15, -0.1) is 0 Å². The van der Waals surface area contributed by atoms with E-state index in [0.29, 0.717) is 28.0 Å². The third-order valence-electron chi connectivity index (χ3n) is 4.29. The normalized spacial score (nSPS) is 10.7. The Morgan fingerprint density at radius 2 is 1.52 bits per heavy atom. The zero-order valence-electron chi connectivity index (χ0n) is 14.4. The van der Waals surface area contributed by atoms with Crippen LogP contribution >= 0.6 is 0 Å². The zero-order valence-corrected chi connectivity index (χ0v) is 14.4. The van der Waals surface area contributed by atoms with Gasteiger partial charge in [-0.05, 0) is 24.3 Å². The van der Waals surface area contributed by atoms with Crippen LogP contribution in [0.15, 0.2) is 83.4 Å². The molecule has 0 unspecified atom stereocenters. The summed E-state index contributed by atoms with van der Waals surface area (Å²) in [5.74, 6) is -0.391. The van der Waals surface area contributed by atoms with E-state index in [1.54, 1.807) is 36.4 Å². The minimum Gasteiger partial charge on any atom is -0.356 e. The Balaban J connectivity index is 1.50. The van der Waals surface area contributed by atoms with Gasteiger partial charge >= 0.3 is 0 Å². The molecule has 0 spiro atoms. The van der Waals surface area contributed by atoms with Crippen molar-refractivity contribution in [2.24, 2.45) is 0 Å². The second-order valence-corrected chi connectivity index (χ2v) is 6.08. The fourth-order valence-corrected chi connectivity index (χ4v) is 2.89. The summed E-state index contributed by atoms with van der Waals surface area (Å²) in [6.07, 6.45) is 0. The number of benzene rings is 3. The van der Waals surface area contributed by atoms with Crippen LogP contribution in [0.1, 0.15) is 32.0 Å². The van der Waals surface area contributed by atoms with E-state index in [4.69, 9.17) is 4.52 Å². The highest BCUT2D eigenvalue weighted by molar-refractivity contribution is 6.10. The number of hydrogen-bond donors (Lipinski definition) is 1. The first-order valence-corrected chi connectivity index (χ1v) is 8.54. The number of carbonyl (C=O) groups excluding carboxylic acids is 2. The first kappa shape index (κ1) is 16.7. The lowest BCUT2D eigenvalue weighted by Crippen LogP contribution is -2.23. The lowest BCUT2D eigenvalue weighted by atomic mass is 10.0. The van der Waals surface area contributed by atoms with Crippen molar-refractivity contribution in [1.82, 2.24) is 10.5 Å². The summed E-state index contributed by atoms with van der Waals surface area (Å²) in [5.41, 5.74) is 2.82. The molecule has 5 heteroatoms. The van der Waals surface area contributed by atoms with Crippen molar-refractivity contribution in [3.05, 3.63) is 101 Å². The quantitative estimate of drug-likeness (QED) is 0.549. The molecule has 0 radical (unpaired) electrons. The molecule has 0 fully saturated rings. The van der Waals surface area contributed by atoms with E-state index < -0.39 is 0 Å². The monoisotopic (exact) mass is 356 g/mol. The molecule has 0 aliphatic heterocycles. The van der Waals surface area contributed by atoms with Crippen molar-refractivity contribution in [2.75, 3.05) is 0 Å². The van der Waals surface area contributed by atoms with E-state index in [2.05, 4.69) is 10.5 Å². The molecule has 1 amide bonds. The summed E-state index contributed by atoms with van der Waals surface area (Å²) in [4.78, 5) is 25.1. The summed E-state index contributed by atoms with van der Waals surface area (Å²) in [5, 5.41) is 7.70. The fourth-order valence-electron chi connectivity index (χ4n) is 2.89. The summed E-state index contributed by atoms with van der Waals surface area (Å²) in [6, 6.07) is 23.2. The van der Waals surface area contributed by atoms with Crippen LogP contribution in [-0.2, 0) is 6.54 Å². The number of hydrogen-bond acceptors (Lipinski definition) is 4. The minimum absolute atomic E-state index is 0.118. The van der Waals surface area contributed by atoms with E-state index in [1.807, 2.05) is 42.5 Å². The standard InChI is InChI=1S/C22H16N2O3/c25-21(15-7-2-1-3-8-15)16-9-6-10-17(13-16)22(26)23-14-19-18-11-4-5-12-20(18)27-24-19/h1-13H,14H2,(H,23,26). The number of nitrogens with one attached hydrogen (secondary N) is 1. The molecule has 0 saturated heterocycles. The van der Waals surface area contributed by atoms with Crippen LogP contribution in [0.2, 0.25) is 0 Å². The predicted octanol–water partition coefficient (Wildman–Crippen LogP) is 3.99. The zero-order chi connectivity index (χ0) is 18.6. The van der Waals surface area contributed by atoms with Crippen LogP contribution in [-0.4, -0.2) is 16.8 Å². The number of para-hydroxylation sites is 1. The van der Waals surface area contributed by atoms with Gasteiger partial charge in [-0.2, -0.15) is 0 Å². The Labute approximate surface area is 155 Å². The van der Waals surface area contributed by atoms with E-state index in [9.17, 15) is 9.59 Å². The Morgan fingerprint density at radius 1 is 0.815 bits per heavy atom. The maximum Gasteiger partial charge on any atom is 0.251 e. The molecular formula is C22H16N2O3. The van der Waals surface area contributed by atoms with Gasteiger partial charge in [0.15, 0.2) is 11.4 Å². The molecule has 132 valence electrons. The molecular weight excluding hydrogens is 340 g/mol. The summed E-state index contributed by atoms with van der Waals surface area (Å²) < 4.78 is 5.24. The second-order valence-electron chi connectivity index (χ2n) is 6.08. The lowest BCUT2D eigenvalue weighted by molar-refractivity contribution is 0.0950. The Bertz CT molecular complexity index is 1120. The van der Waals surface area contributed by atoms with Crippen LogP contribution < -0.4 is 5.32 Å². The van der Waals surface area contributed by atoms with Crippen LogP contribution in [0.25, 0.3) is 11.0 Å². The molecule has 0 aliphatic rings. The van der Waals surface area contributed by atoms with Gasteiger partial charge < -0.3 is 9.84 Å². The molecule has 4 aromatic rings. The van der Waals surface area contributed by atoms with Gasteiger partial charge in [-0.25, -0.2) is 0 Å². The third-order valence-corrected chi connectivity index (χ3v) is 4.29. The largest absolute Gasteiger partial charge is 0.356 e. The SMILES string of the molecule is O=C(NCc1noc2ccccc12)c1cccc(C(=O)c2ccccc2)c1. The van der Waals surface area contributed by atoms with Crippen molar-refractivity contribution in [1.29, 1.82) is 0 Å².